The molecule has 27 heavy (non-hydrogen) atoms. The number of ether oxygens (including phenoxy) is 2. The number of imidazole rings is 1. The van der Waals surface area contributed by atoms with Crippen LogP contribution in [-0.4, -0.2) is 47.5 Å². The SMILES string of the molecule is COc1ccc2nc(N(Cc3ccccc3)CC3(O)CCCOC3)[nH]c2c1. The molecule has 1 aliphatic heterocycles. The Kier molecular flexibility index (Phi) is 5.01. The van der Waals surface area contributed by atoms with Crippen LogP contribution in [0, 0.1) is 0 Å². The first-order chi connectivity index (χ1) is 13.1. The first-order valence-electron chi connectivity index (χ1n) is 9.28. The van der Waals surface area contributed by atoms with Crippen molar-refractivity contribution >= 4 is 17.0 Å². The van der Waals surface area contributed by atoms with Gasteiger partial charge in [0.15, 0.2) is 0 Å². The van der Waals surface area contributed by atoms with Gasteiger partial charge in [0.25, 0.3) is 0 Å². The van der Waals surface area contributed by atoms with E-state index >= 15 is 0 Å². The predicted octanol–water partition coefficient (Wildman–Crippen LogP) is 3.12. The van der Waals surface area contributed by atoms with E-state index in [1.54, 1.807) is 7.11 Å². The van der Waals surface area contributed by atoms with Gasteiger partial charge in [-0.1, -0.05) is 30.3 Å². The number of H-pyrrole nitrogens is 1. The summed E-state index contributed by atoms with van der Waals surface area (Å²) in [5, 5.41) is 11.0. The molecule has 3 aromatic rings. The first-order valence-corrected chi connectivity index (χ1v) is 9.28. The Bertz CT molecular complexity index is 888. The maximum atomic E-state index is 11.0. The van der Waals surface area contributed by atoms with Gasteiger partial charge in [-0.05, 0) is 30.5 Å². The van der Waals surface area contributed by atoms with Crippen molar-refractivity contribution in [2.45, 2.75) is 25.0 Å². The van der Waals surface area contributed by atoms with Crippen LogP contribution in [0.3, 0.4) is 0 Å². The van der Waals surface area contributed by atoms with Gasteiger partial charge < -0.3 is 24.5 Å². The fraction of sp³-hybridized carbons (Fsp3) is 0.381. The van der Waals surface area contributed by atoms with Gasteiger partial charge in [0, 0.05) is 19.2 Å². The first kappa shape index (κ1) is 17.8. The number of aromatic amines is 1. The molecule has 0 amide bonds. The average Bonchev–Trinajstić information content (AvgIpc) is 3.12. The van der Waals surface area contributed by atoms with Crippen molar-refractivity contribution in [3.63, 3.8) is 0 Å². The molecule has 1 aromatic heterocycles. The molecular formula is C21H25N3O3. The predicted molar refractivity (Wildman–Crippen MR) is 105 cm³/mol. The second-order valence-corrected chi connectivity index (χ2v) is 7.17. The number of nitrogens with one attached hydrogen (secondary N) is 1. The van der Waals surface area contributed by atoms with Gasteiger partial charge in [-0.15, -0.1) is 0 Å². The minimum atomic E-state index is -0.871. The lowest BCUT2D eigenvalue weighted by Crippen LogP contribution is -2.49. The summed E-state index contributed by atoms with van der Waals surface area (Å²) in [6.45, 7) is 2.18. The molecule has 2 aromatic carbocycles. The number of aromatic nitrogens is 2. The molecule has 1 aliphatic rings. The zero-order valence-electron chi connectivity index (χ0n) is 15.5. The molecule has 142 valence electrons. The second kappa shape index (κ2) is 7.58. The topological polar surface area (TPSA) is 70.6 Å². The maximum Gasteiger partial charge on any atom is 0.204 e. The third-order valence-corrected chi connectivity index (χ3v) is 4.98. The summed E-state index contributed by atoms with van der Waals surface area (Å²) < 4.78 is 10.8. The lowest BCUT2D eigenvalue weighted by molar-refractivity contribution is -0.0799. The van der Waals surface area contributed by atoms with Gasteiger partial charge in [-0.25, -0.2) is 4.98 Å². The number of anilines is 1. The summed E-state index contributed by atoms with van der Waals surface area (Å²) in [5.74, 6) is 1.52. The summed E-state index contributed by atoms with van der Waals surface area (Å²) in [5.41, 5.74) is 2.07. The molecule has 0 spiro atoms. The van der Waals surface area contributed by atoms with Gasteiger partial charge in [0.2, 0.25) is 5.95 Å². The van der Waals surface area contributed by atoms with Crippen molar-refractivity contribution in [3.05, 3.63) is 54.1 Å². The molecular weight excluding hydrogens is 342 g/mol. The van der Waals surface area contributed by atoms with Crippen molar-refractivity contribution in [3.8, 4) is 5.75 Å². The molecule has 1 fully saturated rings. The molecule has 1 atom stereocenters. The highest BCUT2D eigenvalue weighted by molar-refractivity contribution is 5.79. The van der Waals surface area contributed by atoms with E-state index in [4.69, 9.17) is 14.5 Å². The molecule has 4 rings (SSSR count). The van der Waals surface area contributed by atoms with Crippen LogP contribution >= 0.6 is 0 Å². The Morgan fingerprint density at radius 1 is 1.26 bits per heavy atom. The highest BCUT2D eigenvalue weighted by Crippen LogP contribution is 2.27. The Hall–Kier alpha value is -2.57. The Morgan fingerprint density at radius 2 is 2.11 bits per heavy atom. The van der Waals surface area contributed by atoms with Crippen LogP contribution in [-0.2, 0) is 11.3 Å². The lowest BCUT2D eigenvalue weighted by atomic mass is 9.96. The monoisotopic (exact) mass is 367 g/mol. The lowest BCUT2D eigenvalue weighted by Gasteiger charge is -2.36. The normalized spacial score (nSPS) is 19.9. The number of aliphatic hydroxyl groups is 1. The molecule has 0 aliphatic carbocycles. The van der Waals surface area contributed by atoms with Crippen LogP contribution < -0.4 is 9.64 Å². The molecule has 6 nitrogen and oxygen atoms in total. The average molecular weight is 367 g/mol. The molecule has 1 unspecified atom stereocenters. The van der Waals surface area contributed by atoms with Crippen molar-refractivity contribution in [2.24, 2.45) is 0 Å². The van der Waals surface area contributed by atoms with Crippen molar-refractivity contribution in [1.82, 2.24) is 9.97 Å². The van der Waals surface area contributed by atoms with Crippen molar-refractivity contribution in [2.75, 3.05) is 31.8 Å². The molecule has 6 heteroatoms. The Balaban J connectivity index is 1.66. The molecule has 1 saturated heterocycles. The molecule has 2 N–H and O–H groups in total. The molecule has 0 radical (unpaired) electrons. The number of fused-ring (bicyclic) bond motifs is 1. The van der Waals surface area contributed by atoms with E-state index in [0.717, 1.165) is 41.1 Å². The van der Waals surface area contributed by atoms with Crippen LogP contribution in [0.15, 0.2) is 48.5 Å². The minimum absolute atomic E-state index is 0.354. The van der Waals surface area contributed by atoms with Gasteiger partial charge >= 0.3 is 0 Å². The van der Waals surface area contributed by atoms with Gasteiger partial charge in [0.05, 0.1) is 31.3 Å². The number of rotatable bonds is 6. The zero-order chi connectivity index (χ0) is 18.7. The van der Waals surface area contributed by atoms with E-state index in [0.29, 0.717) is 26.3 Å². The van der Waals surface area contributed by atoms with E-state index in [1.807, 2.05) is 36.4 Å². The van der Waals surface area contributed by atoms with E-state index in [-0.39, 0.29) is 0 Å². The van der Waals surface area contributed by atoms with Crippen LogP contribution in [0.2, 0.25) is 0 Å². The zero-order valence-corrected chi connectivity index (χ0v) is 15.5. The van der Waals surface area contributed by atoms with E-state index in [9.17, 15) is 5.11 Å². The Morgan fingerprint density at radius 3 is 2.85 bits per heavy atom. The van der Waals surface area contributed by atoms with Gasteiger partial charge in [0.1, 0.15) is 11.4 Å². The third kappa shape index (κ3) is 4.07. The summed E-state index contributed by atoms with van der Waals surface area (Å²) in [6.07, 6.45) is 1.60. The van der Waals surface area contributed by atoms with Crippen LogP contribution in [0.5, 0.6) is 5.75 Å². The number of nitrogens with zero attached hydrogens (tertiary/aromatic N) is 2. The molecule has 0 saturated carbocycles. The summed E-state index contributed by atoms with van der Waals surface area (Å²) in [7, 11) is 1.65. The van der Waals surface area contributed by atoms with Gasteiger partial charge in [-0.3, -0.25) is 0 Å². The number of hydrogen-bond acceptors (Lipinski definition) is 5. The summed E-state index contributed by atoms with van der Waals surface area (Å²) >= 11 is 0. The minimum Gasteiger partial charge on any atom is -0.497 e. The second-order valence-electron chi connectivity index (χ2n) is 7.17. The van der Waals surface area contributed by atoms with Crippen molar-refractivity contribution < 1.29 is 14.6 Å². The van der Waals surface area contributed by atoms with E-state index < -0.39 is 5.60 Å². The van der Waals surface area contributed by atoms with Crippen molar-refractivity contribution in [1.29, 1.82) is 0 Å². The van der Waals surface area contributed by atoms with Crippen LogP contribution in [0.25, 0.3) is 11.0 Å². The van der Waals surface area contributed by atoms with E-state index in [2.05, 4.69) is 22.0 Å². The molecule has 0 bridgehead atoms. The van der Waals surface area contributed by atoms with Crippen LogP contribution in [0.1, 0.15) is 18.4 Å². The number of methoxy groups -OCH3 is 1. The van der Waals surface area contributed by atoms with Crippen LogP contribution in [0.4, 0.5) is 5.95 Å². The standard InChI is InChI=1S/C21H25N3O3/c1-26-17-8-9-18-19(12-17)23-20(22-18)24(13-16-6-3-2-4-7-16)14-21(25)10-5-11-27-15-21/h2-4,6-9,12,25H,5,10-11,13-15H2,1H3,(H,22,23). The smallest absolute Gasteiger partial charge is 0.204 e. The number of benzene rings is 2. The Labute approximate surface area is 158 Å². The largest absolute Gasteiger partial charge is 0.497 e. The summed E-state index contributed by atoms with van der Waals surface area (Å²) in [4.78, 5) is 10.2. The van der Waals surface area contributed by atoms with E-state index in [1.165, 1.54) is 0 Å². The molecule has 2 heterocycles. The maximum absolute atomic E-state index is 11.0. The number of hydrogen-bond donors (Lipinski definition) is 2. The fourth-order valence-electron chi connectivity index (χ4n) is 3.58. The third-order valence-electron chi connectivity index (χ3n) is 4.98. The highest BCUT2D eigenvalue weighted by atomic mass is 16.5. The van der Waals surface area contributed by atoms with Gasteiger partial charge in [-0.2, -0.15) is 0 Å². The summed E-state index contributed by atoms with van der Waals surface area (Å²) in [6, 6.07) is 16.0. The highest BCUT2D eigenvalue weighted by Gasteiger charge is 2.33. The quantitative estimate of drug-likeness (QED) is 0.700. The fourth-order valence-corrected chi connectivity index (χ4v) is 3.58.